The summed E-state index contributed by atoms with van der Waals surface area (Å²) < 4.78 is 6.82. The molecule has 0 unspecified atom stereocenters. The second-order valence-corrected chi connectivity index (χ2v) is 5.53. The van der Waals surface area contributed by atoms with E-state index >= 15 is 0 Å². The number of rotatable bonds is 5. The molecule has 1 atom stereocenters. The van der Waals surface area contributed by atoms with Gasteiger partial charge in [0, 0.05) is 26.0 Å². The largest absolute Gasteiger partial charge is 0.462 e. The molecule has 0 spiro atoms. The number of ether oxygens (including phenoxy) is 1. The van der Waals surface area contributed by atoms with Crippen LogP contribution < -0.4 is 5.32 Å². The molecule has 0 bridgehead atoms. The Bertz CT molecular complexity index is 575. The molecule has 0 saturated carbocycles. The first-order valence-electron chi connectivity index (χ1n) is 7.37. The van der Waals surface area contributed by atoms with Crippen molar-refractivity contribution in [3.8, 4) is 0 Å². The lowest BCUT2D eigenvalue weighted by atomic mass is 9.89. The summed E-state index contributed by atoms with van der Waals surface area (Å²) in [5.41, 5.74) is -0.0199. The van der Waals surface area contributed by atoms with Gasteiger partial charge in [-0.2, -0.15) is 0 Å². The summed E-state index contributed by atoms with van der Waals surface area (Å²) in [5.74, 6) is -0.328. The summed E-state index contributed by atoms with van der Waals surface area (Å²) in [5, 5.41) is 11.0. The minimum atomic E-state index is -0.508. The summed E-state index contributed by atoms with van der Waals surface area (Å²) in [4.78, 5) is 25.0. The quantitative estimate of drug-likeness (QED) is 0.800. The minimum Gasteiger partial charge on any atom is -0.462 e. The highest BCUT2D eigenvalue weighted by atomic mass is 16.5. The molecular formula is C15H22N4O3. The van der Waals surface area contributed by atoms with E-state index in [0.717, 1.165) is 0 Å². The highest BCUT2D eigenvalue weighted by molar-refractivity contribution is 5.98. The van der Waals surface area contributed by atoms with Crippen molar-refractivity contribution in [2.45, 2.75) is 38.8 Å². The van der Waals surface area contributed by atoms with Crippen molar-refractivity contribution in [1.29, 1.82) is 5.41 Å². The van der Waals surface area contributed by atoms with Gasteiger partial charge in [-0.25, -0.2) is 4.79 Å². The molecule has 0 aliphatic carbocycles. The smallest absolute Gasteiger partial charge is 0.339 e. The zero-order valence-electron chi connectivity index (χ0n) is 13.2. The number of carbonyl (C=O) groups excluding carboxylic acids is 2. The van der Waals surface area contributed by atoms with Crippen LogP contribution in [0.4, 0.5) is 0 Å². The van der Waals surface area contributed by atoms with Gasteiger partial charge < -0.3 is 14.6 Å². The number of hydrogen-bond donors (Lipinski definition) is 2. The van der Waals surface area contributed by atoms with Crippen LogP contribution >= 0.6 is 0 Å². The lowest BCUT2D eigenvalue weighted by molar-refractivity contribution is -0.129. The van der Waals surface area contributed by atoms with E-state index in [2.05, 4.69) is 5.32 Å². The van der Waals surface area contributed by atoms with Crippen molar-refractivity contribution in [3.05, 3.63) is 24.0 Å². The van der Waals surface area contributed by atoms with Gasteiger partial charge in [0.05, 0.1) is 24.1 Å². The van der Waals surface area contributed by atoms with Crippen molar-refractivity contribution in [3.63, 3.8) is 0 Å². The van der Waals surface area contributed by atoms with Gasteiger partial charge in [-0.15, -0.1) is 0 Å². The number of nitrogens with one attached hydrogen (secondary N) is 2. The number of aromatic nitrogens is 1. The number of nitrogens with zero attached hydrogens (tertiary/aromatic N) is 2. The Morgan fingerprint density at radius 3 is 2.82 bits per heavy atom. The van der Waals surface area contributed by atoms with Gasteiger partial charge in [0.2, 0.25) is 5.91 Å². The van der Waals surface area contributed by atoms with Crippen LogP contribution in [0.3, 0.4) is 0 Å². The van der Waals surface area contributed by atoms with E-state index in [-0.39, 0.29) is 17.8 Å². The highest BCUT2D eigenvalue weighted by Gasteiger charge is 2.39. The maximum atomic E-state index is 12.0. The van der Waals surface area contributed by atoms with Crippen molar-refractivity contribution < 1.29 is 14.3 Å². The van der Waals surface area contributed by atoms with Crippen LogP contribution in [0, 0.1) is 5.41 Å². The Morgan fingerprint density at radius 2 is 2.23 bits per heavy atom. The molecule has 120 valence electrons. The van der Waals surface area contributed by atoms with Crippen molar-refractivity contribution in [2.75, 3.05) is 13.7 Å². The van der Waals surface area contributed by atoms with Crippen LogP contribution in [0.5, 0.6) is 0 Å². The van der Waals surface area contributed by atoms with Crippen LogP contribution in [0.15, 0.2) is 18.5 Å². The first-order chi connectivity index (χ1) is 10.4. The maximum absolute atomic E-state index is 12.0. The van der Waals surface area contributed by atoms with Gasteiger partial charge >= 0.3 is 5.97 Å². The Kier molecular flexibility index (Phi) is 4.54. The second-order valence-electron chi connectivity index (χ2n) is 5.53. The van der Waals surface area contributed by atoms with Gasteiger partial charge in [0.25, 0.3) is 0 Å². The molecule has 2 heterocycles. The molecule has 7 nitrogen and oxygen atoms in total. The average molecular weight is 306 g/mol. The molecule has 1 fully saturated rings. The fourth-order valence-corrected chi connectivity index (χ4v) is 2.56. The molecule has 0 radical (unpaired) electrons. The highest BCUT2D eigenvalue weighted by Crippen LogP contribution is 2.24. The summed E-state index contributed by atoms with van der Waals surface area (Å²) in [7, 11) is 1.59. The number of esters is 1. The minimum absolute atomic E-state index is 0.0802. The first kappa shape index (κ1) is 16.1. The molecular weight excluding hydrogens is 284 g/mol. The Hall–Kier alpha value is -2.31. The van der Waals surface area contributed by atoms with E-state index < -0.39 is 5.54 Å². The van der Waals surface area contributed by atoms with Crippen LogP contribution in [-0.2, 0) is 16.1 Å². The van der Waals surface area contributed by atoms with E-state index in [4.69, 9.17) is 10.1 Å². The fraction of sp³-hybridized carbons (Fsp3) is 0.533. The lowest BCUT2D eigenvalue weighted by Gasteiger charge is -2.41. The first-order valence-corrected chi connectivity index (χ1v) is 7.37. The van der Waals surface area contributed by atoms with Crippen molar-refractivity contribution >= 4 is 17.8 Å². The lowest BCUT2D eigenvalue weighted by Crippen LogP contribution is -2.62. The molecule has 1 aliphatic heterocycles. The molecule has 1 aromatic heterocycles. The van der Waals surface area contributed by atoms with Gasteiger partial charge in [-0.1, -0.05) is 6.92 Å². The SMILES string of the molecule is CCOC(=O)c1ccn(C[C@]2(CC)CC(=O)N(C)C(=N)N2)c1. The molecule has 7 heteroatoms. The standard InChI is InChI=1S/C15H22N4O3/c1-4-15(8-12(20)18(3)14(16)17-15)10-19-7-6-11(9-19)13(21)22-5-2/h6-7,9H,4-5,8,10H2,1-3H3,(H2,16,17)/t15-/m0/s1. The zero-order chi connectivity index (χ0) is 16.3. The Morgan fingerprint density at radius 1 is 1.50 bits per heavy atom. The van der Waals surface area contributed by atoms with Crippen molar-refractivity contribution in [1.82, 2.24) is 14.8 Å². The van der Waals surface area contributed by atoms with Gasteiger partial charge in [-0.3, -0.25) is 15.1 Å². The van der Waals surface area contributed by atoms with E-state index in [0.29, 0.717) is 31.6 Å². The predicted octanol–water partition coefficient (Wildman–Crippen LogP) is 1.20. The topological polar surface area (TPSA) is 87.4 Å². The van der Waals surface area contributed by atoms with E-state index in [1.165, 1.54) is 4.90 Å². The average Bonchev–Trinajstić information content (AvgIpc) is 2.93. The molecule has 2 rings (SSSR count). The van der Waals surface area contributed by atoms with Crippen molar-refractivity contribution in [2.24, 2.45) is 0 Å². The molecule has 1 aliphatic rings. The second kappa shape index (κ2) is 6.21. The number of amides is 1. The van der Waals surface area contributed by atoms with Gasteiger partial charge in [-0.05, 0) is 19.4 Å². The third-order valence-electron chi connectivity index (χ3n) is 4.01. The van der Waals surface area contributed by atoms with Crippen LogP contribution in [0.2, 0.25) is 0 Å². The maximum Gasteiger partial charge on any atom is 0.339 e. The van der Waals surface area contributed by atoms with Gasteiger partial charge in [0.1, 0.15) is 0 Å². The third kappa shape index (κ3) is 3.13. The summed E-state index contributed by atoms with van der Waals surface area (Å²) in [6, 6.07) is 1.70. The molecule has 1 aromatic rings. The molecule has 22 heavy (non-hydrogen) atoms. The summed E-state index contributed by atoms with van der Waals surface area (Å²) in [6.45, 7) is 4.59. The predicted molar refractivity (Wildman–Crippen MR) is 81.7 cm³/mol. The third-order valence-corrected chi connectivity index (χ3v) is 4.01. The van der Waals surface area contributed by atoms with E-state index in [9.17, 15) is 9.59 Å². The van der Waals surface area contributed by atoms with E-state index in [1.54, 1.807) is 32.4 Å². The van der Waals surface area contributed by atoms with Crippen LogP contribution in [-0.4, -0.2) is 46.5 Å². The van der Waals surface area contributed by atoms with Gasteiger partial charge in [0.15, 0.2) is 5.96 Å². The molecule has 0 aromatic carbocycles. The zero-order valence-corrected chi connectivity index (χ0v) is 13.2. The summed E-state index contributed by atoms with van der Waals surface area (Å²) in [6.07, 6.45) is 4.51. The Balaban J connectivity index is 2.15. The number of guanidine groups is 1. The van der Waals surface area contributed by atoms with E-state index in [1.807, 2.05) is 11.5 Å². The molecule has 1 amide bonds. The van der Waals surface area contributed by atoms with Crippen LogP contribution in [0.25, 0.3) is 0 Å². The Labute approximate surface area is 129 Å². The number of hydrogen-bond acceptors (Lipinski definition) is 4. The molecule has 2 N–H and O–H groups in total. The fourth-order valence-electron chi connectivity index (χ4n) is 2.56. The summed E-state index contributed by atoms with van der Waals surface area (Å²) >= 11 is 0. The normalized spacial score (nSPS) is 21.7. The number of carbonyl (C=O) groups is 2. The molecule has 1 saturated heterocycles. The monoisotopic (exact) mass is 306 g/mol. The van der Waals surface area contributed by atoms with Crippen LogP contribution in [0.1, 0.15) is 37.0 Å².